The van der Waals surface area contributed by atoms with Gasteiger partial charge in [0.05, 0.1) is 0 Å². The smallest absolute Gasteiger partial charge is 0.0484 e. The van der Waals surface area contributed by atoms with Gasteiger partial charge in [-0.1, -0.05) is 7.43 Å². The van der Waals surface area contributed by atoms with E-state index in [0.717, 1.165) is 0 Å². The third-order valence-corrected chi connectivity index (χ3v) is 0. The largest absolute Gasteiger partial charge is 0.780 e. The molecular formula is CH4O3S2-2. The SMILES string of the molecule is C.O=S([O-])([O-])=S. The van der Waals surface area contributed by atoms with Gasteiger partial charge < -0.3 is 9.11 Å². The number of hydrogen-bond donors (Lipinski definition) is 0. The van der Waals surface area contributed by atoms with Crippen molar-refractivity contribution in [2.45, 2.75) is 7.43 Å². The van der Waals surface area contributed by atoms with E-state index in [1.54, 1.807) is 0 Å². The van der Waals surface area contributed by atoms with Crippen LogP contribution in [0.2, 0.25) is 0 Å². The van der Waals surface area contributed by atoms with E-state index in [2.05, 4.69) is 11.2 Å². The van der Waals surface area contributed by atoms with Crippen LogP contribution >= 0.6 is 0 Å². The van der Waals surface area contributed by atoms with Crippen LogP contribution in [0.5, 0.6) is 0 Å². The first-order chi connectivity index (χ1) is 2.00. The molecule has 0 aromatic rings. The molecule has 0 heterocycles. The third kappa shape index (κ3) is 552. The first-order valence-corrected chi connectivity index (χ1v) is 3.00. The van der Waals surface area contributed by atoms with Crippen LogP contribution in [0.3, 0.4) is 0 Å². The molecule has 0 rings (SSSR count). The molecule has 6 heavy (non-hydrogen) atoms. The van der Waals surface area contributed by atoms with Crippen LogP contribution in [0.4, 0.5) is 0 Å². The summed E-state index contributed by atoms with van der Waals surface area (Å²) >= 11 is 3.24. The molecule has 0 atom stereocenters. The molecule has 0 amide bonds. The summed E-state index contributed by atoms with van der Waals surface area (Å²) < 4.78 is 26.7. The van der Waals surface area contributed by atoms with E-state index in [-0.39, 0.29) is 7.43 Å². The van der Waals surface area contributed by atoms with Gasteiger partial charge in [0.1, 0.15) is 0 Å². The van der Waals surface area contributed by atoms with Crippen LogP contribution in [0.15, 0.2) is 0 Å². The highest BCUT2D eigenvalue weighted by atomic mass is 32.9. The Bertz CT molecular complexity index is 92.0. The summed E-state index contributed by atoms with van der Waals surface area (Å²) in [6.07, 6.45) is 0. The van der Waals surface area contributed by atoms with Crippen molar-refractivity contribution in [2.24, 2.45) is 0 Å². The highest BCUT2D eigenvalue weighted by molar-refractivity contribution is 8.26. The Balaban J connectivity index is 0. The molecule has 0 aromatic carbocycles. The lowest BCUT2D eigenvalue weighted by atomic mass is 12.0. The molecule has 40 valence electrons. The molecule has 0 saturated carbocycles. The van der Waals surface area contributed by atoms with Crippen molar-refractivity contribution in [3.05, 3.63) is 0 Å². The first-order valence-electron chi connectivity index (χ1n) is 0.667. The molecule has 0 unspecified atom stereocenters. The Morgan fingerprint density at radius 3 is 1.50 bits per heavy atom. The van der Waals surface area contributed by atoms with Crippen LogP contribution in [0.25, 0.3) is 0 Å². The molecule has 0 fully saturated rings. The molecule has 5 heteroatoms. The summed E-state index contributed by atoms with van der Waals surface area (Å²) in [5.74, 6) is 0. The first kappa shape index (κ1) is 9.56. The summed E-state index contributed by atoms with van der Waals surface area (Å²) in [4.78, 5) is 0. The van der Waals surface area contributed by atoms with E-state index in [9.17, 15) is 0 Å². The highest BCUT2D eigenvalue weighted by Crippen LogP contribution is 1.60. The Morgan fingerprint density at radius 1 is 1.50 bits per heavy atom. The van der Waals surface area contributed by atoms with Crippen molar-refractivity contribution in [3.8, 4) is 0 Å². The minimum absolute atomic E-state index is 0. The Morgan fingerprint density at radius 2 is 1.50 bits per heavy atom. The van der Waals surface area contributed by atoms with Gasteiger partial charge in [-0.3, -0.25) is 4.21 Å². The summed E-state index contributed by atoms with van der Waals surface area (Å²) in [5.41, 5.74) is 0. The van der Waals surface area contributed by atoms with Crippen molar-refractivity contribution in [1.82, 2.24) is 0 Å². The lowest BCUT2D eigenvalue weighted by Crippen LogP contribution is -1.88. The normalized spacial score (nSPS) is 9.67. The van der Waals surface area contributed by atoms with Crippen molar-refractivity contribution >= 4 is 20.2 Å². The fraction of sp³-hybridized carbons (Fsp3) is 1.00. The van der Waals surface area contributed by atoms with Crippen LogP contribution in [0, 0.1) is 0 Å². The number of hydrogen-bond acceptors (Lipinski definition) is 4. The Hall–Kier alpha value is 0.290. The average Bonchev–Trinajstić information content (AvgIpc) is 0.722. The predicted octanol–water partition coefficient (Wildman–Crippen LogP) is -0.370. The van der Waals surface area contributed by atoms with Crippen molar-refractivity contribution in [3.63, 3.8) is 0 Å². The van der Waals surface area contributed by atoms with Crippen molar-refractivity contribution in [1.29, 1.82) is 0 Å². The van der Waals surface area contributed by atoms with E-state index in [0.29, 0.717) is 0 Å². The zero-order valence-corrected chi connectivity index (χ0v) is 3.67. The van der Waals surface area contributed by atoms with Gasteiger partial charge in [-0.25, -0.2) is 0 Å². The van der Waals surface area contributed by atoms with E-state index < -0.39 is 9.05 Å². The fourth-order valence-corrected chi connectivity index (χ4v) is 0. The quantitative estimate of drug-likeness (QED) is 0.446. The van der Waals surface area contributed by atoms with E-state index in [1.807, 2.05) is 0 Å². The molecule has 0 N–H and O–H groups in total. The minimum atomic E-state index is -4.33. The maximum atomic E-state index is 8.89. The molecule has 0 saturated heterocycles. The maximum absolute atomic E-state index is 8.89. The molecule has 3 nitrogen and oxygen atoms in total. The lowest BCUT2D eigenvalue weighted by molar-refractivity contribution is 0.416. The molecule has 0 bridgehead atoms. The second kappa shape index (κ2) is 2.46. The summed E-state index contributed by atoms with van der Waals surface area (Å²) in [6.45, 7) is 0. The Kier molecular flexibility index (Phi) is 3.92. The van der Waals surface area contributed by atoms with Crippen LogP contribution < -0.4 is 0 Å². The minimum Gasteiger partial charge on any atom is -0.780 e. The van der Waals surface area contributed by atoms with Gasteiger partial charge in [0.2, 0.25) is 0 Å². The summed E-state index contributed by atoms with van der Waals surface area (Å²) in [7, 11) is -4.33. The molecule has 0 aliphatic rings. The van der Waals surface area contributed by atoms with Gasteiger partial charge in [-0.15, -0.1) is 9.05 Å². The summed E-state index contributed by atoms with van der Waals surface area (Å²) in [6, 6.07) is 0. The zero-order chi connectivity index (χ0) is 4.50. The molecular weight excluding hydrogens is 124 g/mol. The molecule has 0 aromatic heterocycles. The maximum Gasteiger partial charge on any atom is -0.0484 e. The highest BCUT2D eigenvalue weighted by Gasteiger charge is 1.43. The van der Waals surface area contributed by atoms with Crippen LogP contribution in [0.1, 0.15) is 7.43 Å². The van der Waals surface area contributed by atoms with Gasteiger partial charge in [0.25, 0.3) is 0 Å². The van der Waals surface area contributed by atoms with E-state index >= 15 is 0 Å². The van der Waals surface area contributed by atoms with Crippen molar-refractivity contribution < 1.29 is 13.3 Å². The van der Waals surface area contributed by atoms with Gasteiger partial charge in [-0.05, 0) is 11.2 Å². The van der Waals surface area contributed by atoms with Gasteiger partial charge in [0, 0.05) is 0 Å². The van der Waals surface area contributed by atoms with Gasteiger partial charge in [-0.2, -0.15) is 0 Å². The van der Waals surface area contributed by atoms with Crippen molar-refractivity contribution in [2.75, 3.05) is 0 Å². The fourth-order valence-electron chi connectivity index (χ4n) is 0. The lowest BCUT2D eigenvalue weighted by Gasteiger charge is -2.12. The molecule has 0 radical (unpaired) electrons. The topological polar surface area (TPSA) is 63.2 Å². The average molecular weight is 128 g/mol. The molecule has 0 aliphatic heterocycles. The summed E-state index contributed by atoms with van der Waals surface area (Å²) in [5, 5.41) is 0. The number of rotatable bonds is 0. The van der Waals surface area contributed by atoms with Crippen LogP contribution in [-0.2, 0) is 20.2 Å². The Labute approximate surface area is 41.7 Å². The molecule has 0 spiro atoms. The third-order valence-electron chi connectivity index (χ3n) is 0. The second-order valence-electron chi connectivity index (χ2n) is 0.408. The second-order valence-corrected chi connectivity index (χ2v) is 2.45. The predicted molar refractivity (Wildman–Crippen MR) is 23.8 cm³/mol. The van der Waals surface area contributed by atoms with Crippen LogP contribution in [-0.4, -0.2) is 13.3 Å². The van der Waals surface area contributed by atoms with E-state index in [1.165, 1.54) is 0 Å². The molecule has 0 aliphatic carbocycles. The van der Waals surface area contributed by atoms with E-state index in [4.69, 9.17) is 13.3 Å². The zero-order valence-electron chi connectivity index (χ0n) is 2.04. The van der Waals surface area contributed by atoms with Gasteiger partial charge in [0.15, 0.2) is 0 Å². The van der Waals surface area contributed by atoms with Gasteiger partial charge >= 0.3 is 0 Å². The monoisotopic (exact) mass is 128 g/mol. The standard InChI is InChI=1S/CH4.H2O3S2/c;1-5(2,3)4/h1H4;(H2,1,2,3,4)/p-2.